The molecular formula is C20H22O. The summed E-state index contributed by atoms with van der Waals surface area (Å²) in [6.45, 7) is 0. The summed E-state index contributed by atoms with van der Waals surface area (Å²) in [6.07, 6.45) is 5.34. The molecule has 1 fully saturated rings. The third-order valence-electron chi connectivity index (χ3n) is 5.70. The molecule has 0 aliphatic heterocycles. The van der Waals surface area contributed by atoms with Crippen LogP contribution in [-0.2, 0) is 11.8 Å². The maximum Gasteiger partial charge on any atom is 0.0642 e. The Bertz CT molecular complexity index is 627. The Morgan fingerprint density at radius 1 is 1.00 bits per heavy atom. The van der Waals surface area contributed by atoms with Gasteiger partial charge in [0, 0.05) is 5.41 Å². The van der Waals surface area contributed by atoms with E-state index in [0.717, 1.165) is 25.7 Å². The van der Waals surface area contributed by atoms with Crippen LogP contribution in [0.2, 0.25) is 0 Å². The lowest BCUT2D eigenvalue weighted by atomic mass is 9.58. The Morgan fingerprint density at radius 2 is 1.71 bits per heavy atom. The van der Waals surface area contributed by atoms with Gasteiger partial charge < -0.3 is 5.11 Å². The average molecular weight is 278 g/mol. The van der Waals surface area contributed by atoms with Crippen molar-refractivity contribution in [3.05, 3.63) is 71.3 Å². The highest BCUT2D eigenvalue weighted by atomic mass is 16.3. The zero-order valence-electron chi connectivity index (χ0n) is 12.3. The van der Waals surface area contributed by atoms with Crippen LogP contribution in [0.5, 0.6) is 0 Å². The van der Waals surface area contributed by atoms with E-state index in [-0.39, 0.29) is 11.5 Å². The number of fused-ring (bicyclic) bond motifs is 1. The third-order valence-corrected chi connectivity index (χ3v) is 5.70. The maximum atomic E-state index is 10.9. The molecule has 4 rings (SSSR count). The maximum absolute atomic E-state index is 10.9. The van der Waals surface area contributed by atoms with Crippen molar-refractivity contribution < 1.29 is 5.11 Å². The van der Waals surface area contributed by atoms with Crippen LogP contribution in [0, 0.1) is 0 Å². The lowest BCUT2D eigenvalue weighted by molar-refractivity contribution is 0.0158. The van der Waals surface area contributed by atoms with Crippen molar-refractivity contribution in [3.8, 4) is 0 Å². The number of aliphatic hydroxyl groups excluding tert-OH is 1. The molecule has 1 heteroatoms. The molecule has 2 aliphatic rings. The molecular weight excluding hydrogens is 256 g/mol. The van der Waals surface area contributed by atoms with Crippen LogP contribution < -0.4 is 0 Å². The van der Waals surface area contributed by atoms with Gasteiger partial charge in [0.25, 0.3) is 0 Å². The number of rotatable bonds is 4. The highest BCUT2D eigenvalue weighted by Crippen LogP contribution is 2.50. The van der Waals surface area contributed by atoms with Gasteiger partial charge in [-0.15, -0.1) is 0 Å². The number of hydrogen-bond donors (Lipinski definition) is 1. The summed E-state index contributed by atoms with van der Waals surface area (Å²) >= 11 is 0. The van der Waals surface area contributed by atoms with Gasteiger partial charge in [0.2, 0.25) is 0 Å². The minimum atomic E-state index is -0.216. The zero-order valence-corrected chi connectivity index (χ0v) is 12.3. The van der Waals surface area contributed by atoms with Gasteiger partial charge in [-0.25, -0.2) is 0 Å². The van der Waals surface area contributed by atoms with Gasteiger partial charge in [-0.3, -0.25) is 0 Å². The van der Waals surface area contributed by atoms with Gasteiger partial charge in [0.05, 0.1) is 6.10 Å². The monoisotopic (exact) mass is 278 g/mol. The molecule has 2 aromatic carbocycles. The molecule has 21 heavy (non-hydrogen) atoms. The predicted molar refractivity (Wildman–Crippen MR) is 85.5 cm³/mol. The van der Waals surface area contributed by atoms with Gasteiger partial charge in [-0.05, 0) is 48.3 Å². The quantitative estimate of drug-likeness (QED) is 0.888. The fourth-order valence-electron chi connectivity index (χ4n) is 4.21. The molecule has 0 saturated heterocycles. The molecule has 0 bridgehead atoms. The molecule has 108 valence electrons. The van der Waals surface area contributed by atoms with E-state index in [1.165, 1.54) is 23.1 Å². The van der Waals surface area contributed by atoms with Crippen molar-refractivity contribution in [2.75, 3.05) is 0 Å². The van der Waals surface area contributed by atoms with Crippen molar-refractivity contribution in [2.45, 2.75) is 49.5 Å². The van der Waals surface area contributed by atoms with Crippen LogP contribution in [0.1, 0.15) is 48.3 Å². The first kappa shape index (κ1) is 13.1. The third kappa shape index (κ3) is 2.03. The van der Waals surface area contributed by atoms with E-state index in [4.69, 9.17) is 0 Å². The van der Waals surface area contributed by atoms with E-state index in [0.29, 0.717) is 5.92 Å². The standard InChI is InChI=1S/C20H22O/c21-19(14-16-13-15-7-4-5-10-18(15)16)20(11-6-12-20)17-8-2-1-3-9-17/h1-5,7-10,16,19,21H,6,11-14H2. The highest BCUT2D eigenvalue weighted by molar-refractivity contribution is 5.40. The van der Waals surface area contributed by atoms with Gasteiger partial charge >= 0.3 is 0 Å². The zero-order chi connectivity index (χ0) is 14.3. The van der Waals surface area contributed by atoms with E-state index in [1.54, 1.807) is 0 Å². The van der Waals surface area contributed by atoms with E-state index >= 15 is 0 Å². The van der Waals surface area contributed by atoms with Crippen LogP contribution in [0.15, 0.2) is 54.6 Å². The Kier molecular flexibility index (Phi) is 3.11. The Morgan fingerprint density at radius 3 is 2.38 bits per heavy atom. The molecule has 1 nitrogen and oxygen atoms in total. The first-order valence-corrected chi connectivity index (χ1v) is 8.11. The van der Waals surface area contributed by atoms with Crippen LogP contribution >= 0.6 is 0 Å². The van der Waals surface area contributed by atoms with Crippen LogP contribution in [0.3, 0.4) is 0 Å². The van der Waals surface area contributed by atoms with Crippen molar-refractivity contribution in [1.29, 1.82) is 0 Å². The Hall–Kier alpha value is -1.60. The second kappa shape index (κ2) is 4.99. The second-order valence-corrected chi connectivity index (χ2v) is 6.73. The van der Waals surface area contributed by atoms with Crippen LogP contribution in [-0.4, -0.2) is 11.2 Å². The van der Waals surface area contributed by atoms with Crippen molar-refractivity contribution >= 4 is 0 Å². The highest BCUT2D eigenvalue weighted by Gasteiger charge is 2.46. The lowest BCUT2D eigenvalue weighted by Gasteiger charge is -2.48. The topological polar surface area (TPSA) is 20.2 Å². The lowest BCUT2D eigenvalue weighted by Crippen LogP contribution is -2.46. The van der Waals surface area contributed by atoms with Gasteiger partial charge in [-0.1, -0.05) is 61.0 Å². The molecule has 0 spiro atoms. The molecule has 0 amide bonds. The second-order valence-electron chi connectivity index (χ2n) is 6.73. The summed E-state index contributed by atoms with van der Waals surface area (Å²) in [5.74, 6) is 0.553. The predicted octanol–water partition coefficient (Wildman–Crippen LogP) is 4.20. The Labute approximate surface area is 126 Å². The smallest absolute Gasteiger partial charge is 0.0642 e. The SMILES string of the molecule is OC(CC1Cc2ccccc21)C1(c2ccccc2)CCC1. The molecule has 1 saturated carbocycles. The normalized spacial score (nSPS) is 23.6. The molecule has 2 unspecified atom stereocenters. The van der Waals surface area contributed by atoms with E-state index in [1.807, 2.05) is 0 Å². The summed E-state index contributed by atoms with van der Waals surface area (Å²) in [5.41, 5.74) is 4.28. The average Bonchev–Trinajstić information content (AvgIpc) is 2.45. The fourth-order valence-corrected chi connectivity index (χ4v) is 4.21. The molecule has 1 N–H and O–H groups in total. The summed E-state index contributed by atoms with van der Waals surface area (Å²) in [7, 11) is 0. The van der Waals surface area contributed by atoms with Crippen molar-refractivity contribution in [3.63, 3.8) is 0 Å². The van der Waals surface area contributed by atoms with E-state index in [2.05, 4.69) is 54.6 Å². The van der Waals surface area contributed by atoms with Crippen molar-refractivity contribution in [1.82, 2.24) is 0 Å². The van der Waals surface area contributed by atoms with Gasteiger partial charge in [0.1, 0.15) is 0 Å². The van der Waals surface area contributed by atoms with Crippen LogP contribution in [0.25, 0.3) is 0 Å². The summed E-state index contributed by atoms with van der Waals surface area (Å²) in [6, 6.07) is 19.3. The molecule has 0 heterocycles. The largest absolute Gasteiger partial charge is 0.392 e. The summed E-state index contributed by atoms with van der Waals surface area (Å²) < 4.78 is 0. The number of benzene rings is 2. The minimum absolute atomic E-state index is 0.0196. The molecule has 0 radical (unpaired) electrons. The first-order chi connectivity index (χ1) is 10.3. The fraction of sp³-hybridized carbons (Fsp3) is 0.400. The number of aliphatic hydroxyl groups is 1. The molecule has 2 aliphatic carbocycles. The summed E-state index contributed by atoms with van der Waals surface area (Å²) in [4.78, 5) is 0. The number of hydrogen-bond acceptors (Lipinski definition) is 1. The molecule has 2 atom stereocenters. The Balaban J connectivity index is 1.54. The van der Waals surface area contributed by atoms with E-state index in [9.17, 15) is 5.11 Å². The molecule has 0 aromatic heterocycles. The van der Waals surface area contributed by atoms with E-state index < -0.39 is 0 Å². The van der Waals surface area contributed by atoms with Gasteiger partial charge in [-0.2, -0.15) is 0 Å². The minimum Gasteiger partial charge on any atom is -0.392 e. The van der Waals surface area contributed by atoms with Crippen molar-refractivity contribution in [2.24, 2.45) is 0 Å². The molecule has 2 aromatic rings. The van der Waals surface area contributed by atoms with Gasteiger partial charge in [0.15, 0.2) is 0 Å². The summed E-state index contributed by atoms with van der Waals surface area (Å²) in [5, 5.41) is 10.9. The first-order valence-electron chi connectivity index (χ1n) is 8.11. The van der Waals surface area contributed by atoms with Crippen LogP contribution in [0.4, 0.5) is 0 Å².